The van der Waals surface area contributed by atoms with Crippen LogP contribution in [0.25, 0.3) is 10.6 Å². The Morgan fingerprint density at radius 3 is 2.41 bits per heavy atom. The van der Waals surface area contributed by atoms with E-state index in [0.29, 0.717) is 12.2 Å². The molecule has 0 atom stereocenters. The van der Waals surface area contributed by atoms with Gasteiger partial charge < -0.3 is 9.47 Å². The van der Waals surface area contributed by atoms with E-state index in [0.717, 1.165) is 21.1 Å². The highest BCUT2D eigenvalue weighted by atomic mass is 32.2. The normalized spacial score (nSPS) is 11.4. The number of nitrogens with zero attached hydrogens (tertiary/aromatic N) is 1. The minimum Gasteiger partial charge on any atom is -0.497 e. The quantitative estimate of drug-likeness (QED) is 0.583. The summed E-state index contributed by atoms with van der Waals surface area (Å²) in [7, 11) is -0.811. The number of aryl methyl sites for hydroxylation is 2. The van der Waals surface area contributed by atoms with Crippen molar-refractivity contribution in [3.63, 3.8) is 0 Å². The summed E-state index contributed by atoms with van der Waals surface area (Å²) in [6.45, 7) is 4.26. The smallest absolute Gasteiger partial charge is 0.244 e. The average Bonchev–Trinajstić information content (AvgIpc) is 3.08. The van der Waals surface area contributed by atoms with Crippen LogP contribution in [0.4, 0.5) is 0 Å². The number of thiazole rings is 1. The molecule has 2 aromatic carbocycles. The van der Waals surface area contributed by atoms with Crippen LogP contribution < -0.4 is 14.2 Å². The largest absolute Gasteiger partial charge is 0.497 e. The van der Waals surface area contributed by atoms with Gasteiger partial charge in [0.25, 0.3) is 0 Å². The van der Waals surface area contributed by atoms with Crippen LogP contribution in [-0.2, 0) is 16.4 Å². The molecule has 0 amide bonds. The van der Waals surface area contributed by atoms with Crippen molar-refractivity contribution in [2.75, 3.05) is 20.8 Å². The van der Waals surface area contributed by atoms with Crippen molar-refractivity contribution in [2.45, 2.75) is 25.2 Å². The van der Waals surface area contributed by atoms with Crippen LogP contribution in [0.5, 0.6) is 11.5 Å². The van der Waals surface area contributed by atoms with Gasteiger partial charge in [0.1, 0.15) is 21.4 Å². The van der Waals surface area contributed by atoms with E-state index in [1.807, 2.05) is 13.8 Å². The molecule has 0 radical (unpaired) electrons. The Labute approximate surface area is 175 Å². The molecule has 0 aliphatic heterocycles. The fourth-order valence-electron chi connectivity index (χ4n) is 2.85. The molecule has 1 heterocycles. The highest BCUT2D eigenvalue weighted by Crippen LogP contribution is 2.30. The molecular formula is C21H24N2O4S2. The third kappa shape index (κ3) is 4.95. The molecule has 0 fully saturated rings. The van der Waals surface area contributed by atoms with E-state index in [1.165, 1.54) is 25.8 Å². The first-order valence-electron chi connectivity index (χ1n) is 9.09. The van der Waals surface area contributed by atoms with Gasteiger partial charge in [-0.25, -0.2) is 18.1 Å². The van der Waals surface area contributed by atoms with Crippen LogP contribution in [0, 0.1) is 13.8 Å². The third-order valence-corrected chi connectivity index (χ3v) is 7.24. The molecule has 1 N–H and O–H groups in total. The van der Waals surface area contributed by atoms with Crippen molar-refractivity contribution in [2.24, 2.45) is 0 Å². The second-order valence-corrected chi connectivity index (χ2v) is 9.38. The maximum atomic E-state index is 12.8. The lowest BCUT2D eigenvalue weighted by molar-refractivity contribution is 0.392. The minimum absolute atomic E-state index is 0.0562. The van der Waals surface area contributed by atoms with Crippen molar-refractivity contribution in [3.05, 3.63) is 58.6 Å². The zero-order valence-electron chi connectivity index (χ0n) is 16.9. The van der Waals surface area contributed by atoms with Gasteiger partial charge in [-0.1, -0.05) is 29.8 Å². The fourth-order valence-corrected chi connectivity index (χ4v) is 5.13. The van der Waals surface area contributed by atoms with Gasteiger partial charge in [-0.15, -0.1) is 11.3 Å². The Morgan fingerprint density at radius 2 is 1.76 bits per heavy atom. The molecule has 0 spiro atoms. The van der Waals surface area contributed by atoms with Crippen LogP contribution in [-0.4, -0.2) is 34.2 Å². The van der Waals surface area contributed by atoms with Crippen LogP contribution in [0.2, 0.25) is 0 Å². The molecular weight excluding hydrogens is 408 g/mol. The van der Waals surface area contributed by atoms with E-state index < -0.39 is 10.0 Å². The van der Waals surface area contributed by atoms with Gasteiger partial charge in [-0.05, 0) is 32.4 Å². The van der Waals surface area contributed by atoms with Crippen LogP contribution in [0.15, 0.2) is 47.4 Å². The Morgan fingerprint density at radius 1 is 1.03 bits per heavy atom. The topological polar surface area (TPSA) is 77.5 Å². The second-order valence-electron chi connectivity index (χ2n) is 6.56. The number of methoxy groups -OCH3 is 2. The van der Waals surface area contributed by atoms with Crippen molar-refractivity contribution in [1.29, 1.82) is 0 Å². The predicted molar refractivity (Wildman–Crippen MR) is 115 cm³/mol. The number of rotatable bonds is 8. The van der Waals surface area contributed by atoms with Crippen molar-refractivity contribution >= 4 is 21.4 Å². The summed E-state index contributed by atoms with van der Waals surface area (Å²) in [6, 6.07) is 12.9. The van der Waals surface area contributed by atoms with Gasteiger partial charge in [0.2, 0.25) is 10.0 Å². The lowest BCUT2D eigenvalue weighted by Crippen LogP contribution is -2.26. The first-order valence-corrected chi connectivity index (χ1v) is 11.4. The molecule has 154 valence electrons. The standard InChI is InChI=1S/C21H24N2O4S2/c1-14-5-7-16(8-6-14)21-23-15(2)19(28-21)11-12-22-29(24,25)20-13-17(26-3)9-10-18(20)27-4/h5-10,13,22H,11-12H2,1-4H3. The van der Waals surface area contributed by atoms with E-state index in [-0.39, 0.29) is 17.2 Å². The maximum Gasteiger partial charge on any atom is 0.244 e. The molecule has 3 aromatic rings. The monoisotopic (exact) mass is 432 g/mol. The zero-order chi connectivity index (χ0) is 21.0. The highest BCUT2D eigenvalue weighted by Gasteiger charge is 2.20. The van der Waals surface area contributed by atoms with E-state index in [1.54, 1.807) is 23.5 Å². The molecule has 0 aliphatic carbocycles. The second kappa shape index (κ2) is 8.94. The number of nitrogens with one attached hydrogen (secondary N) is 1. The highest BCUT2D eigenvalue weighted by molar-refractivity contribution is 7.89. The van der Waals surface area contributed by atoms with E-state index in [9.17, 15) is 8.42 Å². The molecule has 0 unspecified atom stereocenters. The molecule has 1 aromatic heterocycles. The third-order valence-electron chi connectivity index (χ3n) is 4.50. The summed E-state index contributed by atoms with van der Waals surface area (Å²) in [5, 5.41) is 0.940. The summed E-state index contributed by atoms with van der Waals surface area (Å²) >= 11 is 1.59. The van der Waals surface area contributed by atoms with Gasteiger partial charge >= 0.3 is 0 Å². The molecule has 29 heavy (non-hydrogen) atoms. The van der Waals surface area contributed by atoms with Crippen LogP contribution in [0.3, 0.4) is 0 Å². The van der Waals surface area contributed by atoms with Gasteiger partial charge in [0.15, 0.2) is 0 Å². The fraction of sp³-hybridized carbons (Fsp3) is 0.286. The number of benzene rings is 2. The Kier molecular flexibility index (Phi) is 6.56. The van der Waals surface area contributed by atoms with Crippen LogP contribution in [0.1, 0.15) is 16.1 Å². The molecule has 0 aliphatic rings. The summed E-state index contributed by atoms with van der Waals surface area (Å²) in [4.78, 5) is 5.75. The van der Waals surface area contributed by atoms with E-state index in [2.05, 4.69) is 34.0 Å². The zero-order valence-corrected chi connectivity index (χ0v) is 18.5. The summed E-state index contributed by atoms with van der Waals surface area (Å²) in [5.74, 6) is 0.723. The SMILES string of the molecule is COc1ccc(OC)c(S(=O)(=O)NCCc2sc(-c3ccc(C)cc3)nc2C)c1. The van der Waals surface area contributed by atoms with Crippen LogP contribution >= 0.6 is 11.3 Å². The lowest BCUT2D eigenvalue weighted by Gasteiger charge is -2.12. The molecule has 0 saturated heterocycles. The van der Waals surface area contributed by atoms with Crippen molar-refractivity contribution in [3.8, 4) is 22.1 Å². The minimum atomic E-state index is -3.74. The first-order chi connectivity index (χ1) is 13.8. The average molecular weight is 433 g/mol. The number of aromatic nitrogens is 1. The Bertz CT molecular complexity index is 1090. The Balaban J connectivity index is 1.72. The number of ether oxygens (including phenoxy) is 2. The lowest BCUT2D eigenvalue weighted by atomic mass is 10.2. The molecule has 3 rings (SSSR count). The summed E-state index contributed by atoms with van der Waals surface area (Å²) in [6.07, 6.45) is 0.556. The van der Waals surface area contributed by atoms with Gasteiger partial charge in [-0.3, -0.25) is 0 Å². The number of hydrogen-bond donors (Lipinski definition) is 1. The Hall–Kier alpha value is -2.42. The van der Waals surface area contributed by atoms with Crippen molar-refractivity contribution in [1.82, 2.24) is 9.71 Å². The summed E-state index contributed by atoms with van der Waals surface area (Å²) < 4.78 is 38.5. The molecule has 0 bridgehead atoms. The number of hydrogen-bond acceptors (Lipinski definition) is 6. The maximum absolute atomic E-state index is 12.8. The van der Waals surface area contributed by atoms with E-state index >= 15 is 0 Å². The van der Waals surface area contributed by atoms with Gasteiger partial charge in [0.05, 0.1) is 19.9 Å². The molecule has 0 saturated carbocycles. The van der Waals surface area contributed by atoms with Crippen molar-refractivity contribution < 1.29 is 17.9 Å². The first kappa shape index (κ1) is 21.3. The van der Waals surface area contributed by atoms with Gasteiger partial charge in [0, 0.05) is 23.1 Å². The van der Waals surface area contributed by atoms with E-state index in [4.69, 9.17) is 9.47 Å². The predicted octanol–water partition coefficient (Wildman–Crippen LogP) is 3.97. The summed E-state index contributed by atoms with van der Waals surface area (Å²) in [5.41, 5.74) is 3.19. The molecule has 8 heteroatoms. The molecule has 6 nitrogen and oxygen atoms in total. The van der Waals surface area contributed by atoms with Gasteiger partial charge in [-0.2, -0.15) is 0 Å². The number of sulfonamides is 1.